The summed E-state index contributed by atoms with van der Waals surface area (Å²) in [5.74, 6) is -0.431. The molecule has 1 rings (SSSR count). The van der Waals surface area contributed by atoms with Crippen LogP contribution < -0.4 is 0 Å². The number of azo groups is 1. The third-order valence-electron chi connectivity index (χ3n) is 0.748. The van der Waals surface area contributed by atoms with Crippen LogP contribution in [0.15, 0.2) is 22.0 Å². The molecular formula is C4H3N3O. The first kappa shape index (κ1) is 4.83. The monoisotopic (exact) mass is 109 g/mol. The van der Waals surface area contributed by atoms with Crippen molar-refractivity contribution in [1.29, 1.82) is 5.41 Å². The average Bonchev–Trinajstić information content (AvgIpc) is 2.14. The fraction of sp³-hybridized carbons (Fsp3) is 0. The van der Waals surface area contributed by atoms with Gasteiger partial charge in [0, 0.05) is 6.21 Å². The van der Waals surface area contributed by atoms with E-state index >= 15 is 0 Å². The van der Waals surface area contributed by atoms with Crippen molar-refractivity contribution >= 4 is 12.1 Å². The van der Waals surface area contributed by atoms with Crippen molar-refractivity contribution in [1.82, 2.24) is 0 Å². The SMILES string of the molecule is N=CC1=CN=NC1=O. The van der Waals surface area contributed by atoms with E-state index in [0.717, 1.165) is 6.21 Å². The Morgan fingerprint density at radius 1 is 1.75 bits per heavy atom. The Balaban J connectivity index is 2.88. The number of hydrogen-bond acceptors (Lipinski definition) is 3. The summed E-state index contributed by atoms with van der Waals surface area (Å²) in [5.41, 5.74) is 0.241. The van der Waals surface area contributed by atoms with E-state index in [9.17, 15) is 4.79 Å². The highest BCUT2D eigenvalue weighted by molar-refractivity contribution is 6.12. The van der Waals surface area contributed by atoms with E-state index < -0.39 is 5.91 Å². The van der Waals surface area contributed by atoms with Crippen molar-refractivity contribution in [2.24, 2.45) is 10.2 Å². The standard InChI is InChI=1S/C4H3N3O/c5-1-3-2-6-7-4(3)8/h1-2,5H. The summed E-state index contributed by atoms with van der Waals surface area (Å²) in [5, 5.41) is 13.0. The lowest BCUT2D eigenvalue weighted by atomic mass is 10.3. The van der Waals surface area contributed by atoms with E-state index in [0.29, 0.717) is 0 Å². The summed E-state index contributed by atoms with van der Waals surface area (Å²) in [6.45, 7) is 0. The van der Waals surface area contributed by atoms with Crippen molar-refractivity contribution in [2.45, 2.75) is 0 Å². The lowest BCUT2D eigenvalue weighted by Gasteiger charge is -1.76. The van der Waals surface area contributed by atoms with E-state index in [-0.39, 0.29) is 5.57 Å². The molecule has 0 spiro atoms. The van der Waals surface area contributed by atoms with E-state index in [1.165, 1.54) is 6.20 Å². The average molecular weight is 109 g/mol. The molecule has 0 aromatic heterocycles. The topological polar surface area (TPSA) is 65.6 Å². The number of rotatable bonds is 1. The van der Waals surface area contributed by atoms with E-state index in [1.807, 2.05) is 0 Å². The highest BCUT2D eigenvalue weighted by Gasteiger charge is 2.08. The van der Waals surface area contributed by atoms with E-state index in [2.05, 4.69) is 10.2 Å². The number of hydrogen-bond donors (Lipinski definition) is 1. The summed E-state index contributed by atoms with van der Waals surface area (Å²) < 4.78 is 0. The lowest BCUT2D eigenvalue weighted by molar-refractivity contribution is -0.113. The third kappa shape index (κ3) is 0.556. The fourth-order valence-electron chi connectivity index (χ4n) is 0.355. The molecule has 40 valence electrons. The smallest absolute Gasteiger partial charge is 0.298 e. The number of nitrogens with one attached hydrogen (secondary N) is 1. The molecule has 0 saturated heterocycles. The quantitative estimate of drug-likeness (QED) is 0.490. The second-order valence-corrected chi connectivity index (χ2v) is 1.25. The van der Waals surface area contributed by atoms with Crippen LogP contribution in [0.4, 0.5) is 0 Å². The van der Waals surface area contributed by atoms with Crippen LogP contribution >= 0.6 is 0 Å². The molecule has 0 saturated carbocycles. The Kier molecular flexibility index (Phi) is 0.997. The zero-order valence-electron chi connectivity index (χ0n) is 3.96. The molecule has 0 unspecified atom stereocenters. The molecule has 1 amide bonds. The van der Waals surface area contributed by atoms with Crippen molar-refractivity contribution in [3.63, 3.8) is 0 Å². The van der Waals surface area contributed by atoms with Crippen molar-refractivity contribution in [3.05, 3.63) is 11.8 Å². The Bertz CT molecular complexity index is 191. The Labute approximate surface area is 45.4 Å². The van der Waals surface area contributed by atoms with Gasteiger partial charge in [-0.25, -0.2) is 0 Å². The van der Waals surface area contributed by atoms with Crippen molar-refractivity contribution < 1.29 is 4.79 Å². The summed E-state index contributed by atoms with van der Waals surface area (Å²) in [7, 11) is 0. The predicted octanol–water partition coefficient (Wildman–Crippen LogP) is 0.512. The molecule has 1 heterocycles. The molecule has 0 aromatic rings. The molecule has 0 radical (unpaired) electrons. The zero-order valence-corrected chi connectivity index (χ0v) is 3.96. The number of nitrogens with zero attached hydrogens (tertiary/aromatic N) is 2. The molecule has 4 heteroatoms. The van der Waals surface area contributed by atoms with Gasteiger partial charge in [0.2, 0.25) is 0 Å². The zero-order chi connectivity index (χ0) is 5.98. The van der Waals surface area contributed by atoms with Gasteiger partial charge in [-0.2, -0.15) is 5.11 Å². The van der Waals surface area contributed by atoms with Gasteiger partial charge in [0.1, 0.15) is 0 Å². The van der Waals surface area contributed by atoms with Gasteiger partial charge in [-0.05, 0) is 0 Å². The highest BCUT2D eigenvalue weighted by Crippen LogP contribution is 2.02. The van der Waals surface area contributed by atoms with Crippen molar-refractivity contribution in [3.8, 4) is 0 Å². The van der Waals surface area contributed by atoms with Crippen LogP contribution in [0.25, 0.3) is 0 Å². The largest absolute Gasteiger partial charge is 0.308 e. The van der Waals surface area contributed by atoms with Crippen LogP contribution in [0, 0.1) is 5.41 Å². The Morgan fingerprint density at radius 2 is 2.50 bits per heavy atom. The lowest BCUT2D eigenvalue weighted by Crippen LogP contribution is -1.92. The van der Waals surface area contributed by atoms with Gasteiger partial charge in [0.25, 0.3) is 5.91 Å². The maximum atomic E-state index is 10.3. The molecule has 0 aliphatic carbocycles. The van der Waals surface area contributed by atoms with Crippen LogP contribution in [-0.4, -0.2) is 12.1 Å². The number of carbonyl (C=O) groups is 1. The van der Waals surface area contributed by atoms with Gasteiger partial charge in [-0.3, -0.25) is 4.79 Å². The molecule has 1 aliphatic heterocycles. The van der Waals surface area contributed by atoms with E-state index in [4.69, 9.17) is 5.41 Å². The van der Waals surface area contributed by atoms with Crippen LogP contribution in [0.2, 0.25) is 0 Å². The summed E-state index contributed by atoms with van der Waals surface area (Å²) in [6, 6.07) is 0. The van der Waals surface area contributed by atoms with Gasteiger partial charge in [-0.15, -0.1) is 5.11 Å². The van der Waals surface area contributed by atoms with Crippen LogP contribution in [0.5, 0.6) is 0 Å². The second-order valence-electron chi connectivity index (χ2n) is 1.25. The molecule has 8 heavy (non-hydrogen) atoms. The minimum Gasteiger partial charge on any atom is -0.308 e. The first-order valence-electron chi connectivity index (χ1n) is 2.00. The molecule has 1 N–H and O–H groups in total. The minimum atomic E-state index is -0.431. The first-order valence-corrected chi connectivity index (χ1v) is 2.00. The predicted molar refractivity (Wildman–Crippen MR) is 26.7 cm³/mol. The maximum absolute atomic E-state index is 10.3. The van der Waals surface area contributed by atoms with Gasteiger partial charge in [0.15, 0.2) is 0 Å². The Hall–Kier alpha value is -1.32. The number of carbonyl (C=O) groups excluding carboxylic acids is 1. The highest BCUT2D eigenvalue weighted by atomic mass is 16.2. The minimum absolute atomic E-state index is 0.241. The number of amides is 1. The van der Waals surface area contributed by atoms with Crippen LogP contribution in [-0.2, 0) is 4.79 Å². The Morgan fingerprint density at radius 3 is 2.75 bits per heavy atom. The fourth-order valence-corrected chi connectivity index (χ4v) is 0.355. The molecule has 0 atom stereocenters. The molecule has 0 aromatic carbocycles. The normalized spacial score (nSPS) is 16.5. The van der Waals surface area contributed by atoms with Gasteiger partial charge in [-0.1, -0.05) is 0 Å². The maximum Gasteiger partial charge on any atom is 0.298 e. The summed E-state index contributed by atoms with van der Waals surface area (Å²) >= 11 is 0. The summed E-state index contributed by atoms with van der Waals surface area (Å²) in [4.78, 5) is 10.3. The second kappa shape index (κ2) is 1.65. The van der Waals surface area contributed by atoms with Crippen molar-refractivity contribution in [2.75, 3.05) is 0 Å². The first-order chi connectivity index (χ1) is 3.84. The molecular weight excluding hydrogens is 106 g/mol. The van der Waals surface area contributed by atoms with Crippen LogP contribution in [0.3, 0.4) is 0 Å². The summed E-state index contributed by atoms with van der Waals surface area (Å²) in [6.07, 6.45) is 2.19. The molecule has 4 nitrogen and oxygen atoms in total. The molecule has 0 bridgehead atoms. The molecule has 1 aliphatic rings. The third-order valence-corrected chi connectivity index (χ3v) is 0.748. The van der Waals surface area contributed by atoms with Gasteiger partial charge >= 0.3 is 0 Å². The van der Waals surface area contributed by atoms with Gasteiger partial charge < -0.3 is 5.41 Å². The molecule has 0 fully saturated rings. The van der Waals surface area contributed by atoms with E-state index in [1.54, 1.807) is 0 Å². The van der Waals surface area contributed by atoms with Gasteiger partial charge in [0.05, 0.1) is 11.8 Å². The van der Waals surface area contributed by atoms with Crippen LogP contribution in [0.1, 0.15) is 0 Å².